The van der Waals surface area contributed by atoms with E-state index in [1.165, 1.54) is 39.2 Å². The fourth-order valence-corrected chi connectivity index (χ4v) is 2.76. The maximum Gasteiger partial charge on any atom is 0.323 e. The number of ether oxygens (including phenoxy) is 1. The number of carbonyl (C=O) groups excluding carboxylic acids is 1. The number of hydrogen-bond donors (Lipinski definition) is 0. The average Bonchev–Trinajstić information content (AvgIpc) is 2.69. The molecular formula is C12H21NO2. The molecule has 86 valence electrons. The lowest BCUT2D eigenvalue weighted by atomic mass is 9.99. The van der Waals surface area contributed by atoms with Crippen LogP contribution in [0.5, 0.6) is 0 Å². The Morgan fingerprint density at radius 3 is 2.60 bits per heavy atom. The van der Waals surface area contributed by atoms with Gasteiger partial charge in [-0.25, -0.2) is 0 Å². The lowest BCUT2D eigenvalue weighted by molar-refractivity contribution is -0.152. The molecule has 1 saturated carbocycles. The summed E-state index contributed by atoms with van der Waals surface area (Å²) < 4.78 is 4.78. The molecule has 15 heavy (non-hydrogen) atoms. The molecule has 1 aliphatic heterocycles. The number of carbonyl (C=O) groups is 1. The Morgan fingerprint density at radius 2 is 2.07 bits per heavy atom. The van der Waals surface area contributed by atoms with Gasteiger partial charge in [-0.1, -0.05) is 25.7 Å². The maximum absolute atomic E-state index is 11.3. The second-order valence-corrected chi connectivity index (χ2v) is 4.80. The first-order valence-electron chi connectivity index (χ1n) is 6.13. The van der Waals surface area contributed by atoms with Gasteiger partial charge in [-0.15, -0.1) is 0 Å². The predicted octanol–water partition coefficient (Wildman–Crippen LogP) is 1.81. The van der Waals surface area contributed by atoms with E-state index in [0.29, 0.717) is 0 Å². The molecule has 3 heteroatoms. The molecule has 0 bridgehead atoms. The number of likely N-dealkylation sites (tertiary alicyclic amines) is 1. The predicted molar refractivity (Wildman–Crippen MR) is 58.6 cm³/mol. The zero-order chi connectivity index (χ0) is 10.7. The third-order valence-corrected chi connectivity index (χ3v) is 3.90. The fourth-order valence-electron chi connectivity index (χ4n) is 2.76. The van der Waals surface area contributed by atoms with Crippen molar-refractivity contribution in [2.45, 2.75) is 44.6 Å². The van der Waals surface area contributed by atoms with E-state index in [1.54, 1.807) is 0 Å². The van der Waals surface area contributed by atoms with Crippen molar-refractivity contribution < 1.29 is 9.53 Å². The van der Waals surface area contributed by atoms with Crippen molar-refractivity contribution >= 4 is 5.97 Å². The van der Waals surface area contributed by atoms with Crippen molar-refractivity contribution in [2.75, 3.05) is 20.2 Å². The highest BCUT2D eigenvalue weighted by Gasteiger charge is 2.34. The summed E-state index contributed by atoms with van der Waals surface area (Å²) in [7, 11) is 1.48. The van der Waals surface area contributed by atoms with E-state index in [9.17, 15) is 4.79 Å². The van der Waals surface area contributed by atoms with E-state index in [4.69, 9.17) is 4.74 Å². The normalized spacial score (nSPS) is 27.7. The van der Waals surface area contributed by atoms with Gasteiger partial charge < -0.3 is 4.74 Å². The van der Waals surface area contributed by atoms with Gasteiger partial charge in [-0.05, 0) is 25.3 Å². The van der Waals surface area contributed by atoms with Gasteiger partial charge in [0.2, 0.25) is 0 Å². The lowest BCUT2D eigenvalue weighted by Crippen LogP contribution is -2.53. The van der Waals surface area contributed by atoms with Crippen LogP contribution in [0.1, 0.15) is 38.5 Å². The van der Waals surface area contributed by atoms with E-state index < -0.39 is 0 Å². The van der Waals surface area contributed by atoms with Gasteiger partial charge >= 0.3 is 5.97 Å². The standard InChI is InChI=1S/C12H21NO2/c1-15-12(14)11-7-9-13(11)8-6-10-4-2-3-5-10/h10-11H,2-9H2,1H3. The highest BCUT2D eigenvalue weighted by molar-refractivity contribution is 5.76. The third kappa shape index (κ3) is 2.51. The number of nitrogens with zero attached hydrogens (tertiary/aromatic N) is 1. The molecule has 3 nitrogen and oxygen atoms in total. The van der Waals surface area contributed by atoms with E-state index >= 15 is 0 Å². The quantitative estimate of drug-likeness (QED) is 0.664. The Hall–Kier alpha value is -0.570. The summed E-state index contributed by atoms with van der Waals surface area (Å²) in [5.74, 6) is 0.872. The van der Waals surface area contributed by atoms with E-state index in [2.05, 4.69) is 4.90 Å². The monoisotopic (exact) mass is 211 g/mol. The summed E-state index contributed by atoms with van der Waals surface area (Å²) in [5.41, 5.74) is 0. The summed E-state index contributed by atoms with van der Waals surface area (Å²) in [4.78, 5) is 13.6. The Labute approximate surface area is 91.8 Å². The zero-order valence-electron chi connectivity index (χ0n) is 9.58. The average molecular weight is 211 g/mol. The van der Waals surface area contributed by atoms with Crippen molar-refractivity contribution in [1.29, 1.82) is 0 Å². The summed E-state index contributed by atoms with van der Waals surface area (Å²) in [6, 6.07) is 0.0661. The second kappa shape index (κ2) is 4.97. The number of esters is 1. The molecule has 0 aromatic rings. The Kier molecular flexibility index (Phi) is 3.62. The minimum Gasteiger partial charge on any atom is -0.468 e. The van der Waals surface area contributed by atoms with Crippen LogP contribution >= 0.6 is 0 Å². The zero-order valence-corrected chi connectivity index (χ0v) is 9.58. The maximum atomic E-state index is 11.3. The van der Waals surface area contributed by atoms with E-state index in [1.807, 2.05) is 0 Å². The van der Waals surface area contributed by atoms with Crippen molar-refractivity contribution in [3.63, 3.8) is 0 Å². The van der Waals surface area contributed by atoms with E-state index in [0.717, 1.165) is 25.4 Å². The minimum absolute atomic E-state index is 0.0485. The van der Waals surface area contributed by atoms with Crippen LogP contribution in [0.2, 0.25) is 0 Å². The van der Waals surface area contributed by atoms with Crippen molar-refractivity contribution in [3.05, 3.63) is 0 Å². The van der Waals surface area contributed by atoms with E-state index in [-0.39, 0.29) is 12.0 Å². The van der Waals surface area contributed by atoms with Gasteiger partial charge in [-0.3, -0.25) is 9.69 Å². The number of methoxy groups -OCH3 is 1. The van der Waals surface area contributed by atoms with Crippen molar-refractivity contribution in [2.24, 2.45) is 5.92 Å². The molecule has 0 aromatic heterocycles. The molecule has 0 N–H and O–H groups in total. The largest absolute Gasteiger partial charge is 0.468 e. The Balaban J connectivity index is 1.68. The highest BCUT2D eigenvalue weighted by atomic mass is 16.5. The summed E-state index contributed by atoms with van der Waals surface area (Å²) in [6.45, 7) is 2.16. The lowest BCUT2D eigenvalue weighted by Gasteiger charge is -2.39. The van der Waals surface area contributed by atoms with Crippen LogP contribution in [0, 0.1) is 5.92 Å². The van der Waals surface area contributed by atoms with Gasteiger partial charge in [0.25, 0.3) is 0 Å². The molecule has 0 amide bonds. The molecule has 1 unspecified atom stereocenters. The van der Waals surface area contributed by atoms with Crippen LogP contribution in [0.4, 0.5) is 0 Å². The van der Waals surface area contributed by atoms with Crippen molar-refractivity contribution in [3.8, 4) is 0 Å². The van der Waals surface area contributed by atoms with Crippen LogP contribution in [0.25, 0.3) is 0 Å². The molecular weight excluding hydrogens is 190 g/mol. The molecule has 0 aromatic carbocycles. The molecule has 2 rings (SSSR count). The van der Waals surface area contributed by atoms with Gasteiger partial charge in [0, 0.05) is 6.54 Å². The topological polar surface area (TPSA) is 29.5 Å². The first-order valence-corrected chi connectivity index (χ1v) is 6.13. The molecule has 1 atom stereocenters. The summed E-state index contributed by atoms with van der Waals surface area (Å²) >= 11 is 0. The molecule has 2 aliphatic rings. The Bertz CT molecular complexity index is 224. The number of rotatable bonds is 4. The van der Waals surface area contributed by atoms with Crippen LogP contribution < -0.4 is 0 Å². The van der Waals surface area contributed by atoms with Gasteiger partial charge in [0.1, 0.15) is 6.04 Å². The van der Waals surface area contributed by atoms with Crippen LogP contribution in [0.3, 0.4) is 0 Å². The van der Waals surface area contributed by atoms with Crippen LogP contribution in [0.15, 0.2) is 0 Å². The molecule has 1 saturated heterocycles. The van der Waals surface area contributed by atoms with Crippen LogP contribution in [-0.4, -0.2) is 37.1 Å². The first-order chi connectivity index (χ1) is 7.31. The fraction of sp³-hybridized carbons (Fsp3) is 0.917. The van der Waals surface area contributed by atoms with Gasteiger partial charge in [-0.2, -0.15) is 0 Å². The van der Waals surface area contributed by atoms with Gasteiger partial charge in [0.15, 0.2) is 0 Å². The highest BCUT2D eigenvalue weighted by Crippen LogP contribution is 2.29. The molecule has 2 fully saturated rings. The minimum atomic E-state index is -0.0485. The Morgan fingerprint density at radius 1 is 1.33 bits per heavy atom. The summed E-state index contributed by atoms with van der Waals surface area (Å²) in [6.07, 6.45) is 7.87. The smallest absolute Gasteiger partial charge is 0.323 e. The molecule has 0 radical (unpaired) electrons. The summed E-state index contributed by atoms with van der Waals surface area (Å²) in [5, 5.41) is 0. The van der Waals surface area contributed by atoms with Crippen LogP contribution in [-0.2, 0) is 9.53 Å². The molecule has 0 spiro atoms. The third-order valence-electron chi connectivity index (χ3n) is 3.90. The molecule has 1 aliphatic carbocycles. The first kappa shape index (κ1) is 10.9. The van der Waals surface area contributed by atoms with Gasteiger partial charge in [0.05, 0.1) is 7.11 Å². The number of hydrogen-bond acceptors (Lipinski definition) is 3. The molecule has 1 heterocycles. The second-order valence-electron chi connectivity index (χ2n) is 4.80. The SMILES string of the molecule is COC(=O)C1CCN1CCC1CCCC1. The van der Waals surface area contributed by atoms with Crippen molar-refractivity contribution in [1.82, 2.24) is 4.90 Å².